The van der Waals surface area contributed by atoms with E-state index in [1.165, 1.54) is 0 Å². The molecular formula is C37H43BrN2O4. The molecule has 0 saturated carbocycles. The van der Waals surface area contributed by atoms with Crippen molar-refractivity contribution in [2.75, 3.05) is 25.0 Å². The maximum Gasteiger partial charge on any atom is 0.342 e. The molecule has 0 atom stereocenters. The number of benzene rings is 4. The van der Waals surface area contributed by atoms with Gasteiger partial charge < -0.3 is 14.4 Å². The molecule has 232 valence electrons. The number of esters is 1. The average molecular weight is 660 g/mol. The van der Waals surface area contributed by atoms with Gasteiger partial charge in [-0.3, -0.25) is 9.69 Å². The smallest absolute Gasteiger partial charge is 0.342 e. The Morgan fingerprint density at radius 3 is 1.95 bits per heavy atom. The van der Waals surface area contributed by atoms with Crippen molar-refractivity contribution >= 4 is 33.5 Å². The van der Waals surface area contributed by atoms with E-state index in [-0.39, 0.29) is 25.7 Å². The van der Waals surface area contributed by atoms with Crippen molar-refractivity contribution in [3.8, 4) is 5.75 Å². The van der Waals surface area contributed by atoms with Gasteiger partial charge in [-0.25, -0.2) is 4.79 Å². The van der Waals surface area contributed by atoms with Gasteiger partial charge in [0.2, 0.25) is 5.91 Å². The molecule has 4 rings (SSSR count). The van der Waals surface area contributed by atoms with Crippen LogP contribution in [0.4, 0.5) is 5.69 Å². The number of amides is 1. The second kappa shape index (κ2) is 18.0. The van der Waals surface area contributed by atoms with E-state index in [1.54, 1.807) is 23.1 Å². The minimum atomic E-state index is -0.490. The lowest BCUT2D eigenvalue weighted by atomic mass is 10.1. The summed E-state index contributed by atoms with van der Waals surface area (Å²) < 4.78 is 12.8. The maximum atomic E-state index is 13.7. The zero-order chi connectivity index (χ0) is 31.9. The number of carbonyl (C=O) groups excluding carboxylic acids is 2. The van der Waals surface area contributed by atoms with Gasteiger partial charge >= 0.3 is 5.97 Å². The molecule has 0 saturated heterocycles. The molecule has 0 unspecified atom stereocenters. The highest BCUT2D eigenvalue weighted by Crippen LogP contribution is 2.29. The molecule has 44 heavy (non-hydrogen) atoms. The van der Waals surface area contributed by atoms with Crippen molar-refractivity contribution in [1.82, 2.24) is 4.90 Å². The molecule has 0 aromatic heterocycles. The highest BCUT2D eigenvalue weighted by molar-refractivity contribution is 9.10. The summed E-state index contributed by atoms with van der Waals surface area (Å²) in [4.78, 5) is 30.7. The number of carbonyl (C=O) groups is 2. The number of likely N-dealkylation sites (N-methyl/N-ethyl adjacent to an activating group) is 1. The third-order valence-corrected chi connectivity index (χ3v) is 7.11. The van der Waals surface area contributed by atoms with Crippen LogP contribution in [0.5, 0.6) is 5.75 Å². The average Bonchev–Trinajstić information content (AvgIpc) is 3.03. The van der Waals surface area contributed by atoms with Crippen molar-refractivity contribution < 1.29 is 19.1 Å². The molecule has 0 heterocycles. The topological polar surface area (TPSA) is 59.1 Å². The van der Waals surface area contributed by atoms with Crippen LogP contribution in [0, 0.1) is 5.92 Å². The second-order valence-electron chi connectivity index (χ2n) is 10.7. The van der Waals surface area contributed by atoms with Gasteiger partial charge in [-0.05, 0) is 53.9 Å². The number of hydrogen-bond acceptors (Lipinski definition) is 5. The van der Waals surface area contributed by atoms with E-state index in [9.17, 15) is 9.59 Å². The van der Waals surface area contributed by atoms with Gasteiger partial charge in [-0.1, -0.05) is 116 Å². The molecule has 4 aromatic carbocycles. The SMILES string of the molecule is CC.CC(C)CN(C)CC(=O)N(Cc1ccc(Br)cc1)c1ccc(C(=O)OCc2ccccc2)c(OCc2ccccc2)c1. The van der Waals surface area contributed by atoms with Crippen molar-refractivity contribution in [2.45, 2.75) is 47.5 Å². The van der Waals surface area contributed by atoms with E-state index in [2.05, 4.69) is 29.8 Å². The molecule has 0 bridgehead atoms. The Kier molecular flexibility index (Phi) is 14.1. The van der Waals surface area contributed by atoms with Gasteiger partial charge in [0.25, 0.3) is 0 Å². The van der Waals surface area contributed by atoms with Gasteiger partial charge in [0.1, 0.15) is 24.5 Å². The summed E-state index contributed by atoms with van der Waals surface area (Å²) in [6, 6.07) is 32.4. The molecule has 1 amide bonds. The summed E-state index contributed by atoms with van der Waals surface area (Å²) >= 11 is 3.49. The highest BCUT2D eigenvalue weighted by atomic mass is 79.9. The zero-order valence-electron chi connectivity index (χ0n) is 26.3. The largest absolute Gasteiger partial charge is 0.488 e. The quantitative estimate of drug-likeness (QED) is 0.135. The first-order valence-corrected chi connectivity index (χ1v) is 15.8. The van der Waals surface area contributed by atoms with Crippen LogP contribution in [-0.4, -0.2) is 36.9 Å². The molecule has 0 spiro atoms. The molecule has 4 aromatic rings. The van der Waals surface area contributed by atoms with Crippen LogP contribution < -0.4 is 9.64 Å². The number of rotatable bonds is 13. The molecule has 0 fully saturated rings. The number of nitrogens with zero attached hydrogens (tertiary/aromatic N) is 2. The Bertz CT molecular complexity index is 1440. The van der Waals surface area contributed by atoms with Crippen LogP contribution >= 0.6 is 15.9 Å². The molecule has 0 N–H and O–H groups in total. The summed E-state index contributed by atoms with van der Waals surface area (Å²) in [6.07, 6.45) is 0. The minimum absolute atomic E-state index is 0.0468. The van der Waals surface area contributed by atoms with Crippen LogP contribution in [0.3, 0.4) is 0 Å². The van der Waals surface area contributed by atoms with E-state index in [1.807, 2.05) is 111 Å². The van der Waals surface area contributed by atoms with Gasteiger partial charge in [0, 0.05) is 22.8 Å². The Labute approximate surface area is 270 Å². The lowest BCUT2D eigenvalue weighted by molar-refractivity contribution is -0.119. The lowest BCUT2D eigenvalue weighted by Crippen LogP contribution is -2.39. The Morgan fingerprint density at radius 1 is 0.773 bits per heavy atom. The van der Waals surface area contributed by atoms with Crippen molar-refractivity contribution in [3.05, 3.63) is 130 Å². The van der Waals surface area contributed by atoms with Crippen LogP contribution in [0.15, 0.2) is 108 Å². The van der Waals surface area contributed by atoms with E-state index in [0.717, 1.165) is 27.7 Å². The third-order valence-electron chi connectivity index (χ3n) is 6.58. The monoisotopic (exact) mass is 658 g/mol. The number of hydrogen-bond donors (Lipinski definition) is 0. The Morgan fingerprint density at radius 2 is 1.36 bits per heavy atom. The fourth-order valence-electron chi connectivity index (χ4n) is 4.60. The summed E-state index contributed by atoms with van der Waals surface area (Å²) in [6.45, 7) is 10.1. The number of halogens is 1. The molecular weight excluding hydrogens is 616 g/mol. The van der Waals surface area contributed by atoms with Gasteiger partial charge in [0.05, 0.1) is 13.1 Å². The van der Waals surface area contributed by atoms with E-state index in [0.29, 0.717) is 29.5 Å². The van der Waals surface area contributed by atoms with Crippen LogP contribution in [0.2, 0.25) is 0 Å². The normalized spacial score (nSPS) is 10.6. The van der Waals surface area contributed by atoms with Crippen molar-refractivity contribution in [3.63, 3.8) is 0 Å². The fraction of sp³-hybridized carbons (Fsp3) is 0.297. The molecule has 0 radical (unpaired) electrons. The molecule has 0 aliphatic rings. The Balaban J connectivity index is 0.00000259. The fourth-order valence-corrected chi connectivity index (χ4v) is 4.87. The number of anilines is 1. The van der Waals surface area contributed by atoms with E-state index >= 15 is 0 Å². The predicted molar refractivity (Wildman–Crippen MR) is 182 cm³/mol. The first-order valence-electron chi connectivity index (χ1n) is 15.0. The predicted octanol–water partition coefficient (Wildman–Crippen LogP) is 8.53. The summed E-state index contributed by atoms with van der Waals surface area (Å²) in [5.74, 6) is 0.255. The van der Waals surface area contributed by atoms with Gasteiger partial charge in [0.15, 0.2) is 0 Å². The highest BCUT2D eigenvalue weighted by Gasteiger charge is 2.22. The van der Waals surface area contributed by atoms with Gasteiger partial charge in [-0.2, -0.15) is 0 Å². The zero-order valence-corrected chi connectivity index (χ0v) is 27.9. The van der Waals surface area contributed by atoms with Crippen molar-refractivity contribution in [1.29, 1.82) is 0 Å². The maximum absolute atomic E-state index is 13.7. The second-order valence-corrected chi connectivity index (χ2v) is 11.6. The van der Waals surface area contributed by atoms with E-state index < -0.39 is 5.97 Å². The summed E-state index contributed by atoms with van der Waals surface area (Å²) in [5.41, 5.74) is 3.79. The van der Waals surface area contributed by atoms with Crippen LogP contribution in [-0.2, 0) is 29.3 Å². The molecule has 7 heteroatoms. The van der Waals surface area contributed by atoms with Crippen molar-refractivity contribution in [2.24, 2.45) is 5.92 Å². The molecule has 0 aliphatic heterocycles. The molecule has 6 nitrogen and oxygen atoms in total. The van der Waals surface area contributed by atoms with Gasteiger partial charge in [-0.15, -0.1) is 0 Å². The standard InChI is InChI=1S/C35H37BrN2O4.C2H6/c1-26(2)21-37(3)23-34(39)38(22-27-14-16-30(36)17-15-27)31-18-19-32(35(40)42-25-29-12-8-5-9-13-29)33(20-31)41-24-28-10-6-4-7-11-28;1-2/h4-20,26H,21-25H2,1-3H3;1-2H3. The Hall–Kier alpha value is -3.94. The summed E-state index contributed by atoms with van der Waals surface area (Å²) in [7, 11) is 1.95. The summed E-state index contributed by atoms with van der Waals surface area (Å²) in [5, 5.41) is 0. The van der Waals surface area contributed by atoms with E-state index in [4.69, 9.17) is 9.47 Å². The minimum Gasteiger partial charge on any atom is -0.488 e. The first kappa shape index (κ1) is 34.5. The lowest BCUT2D eigenvalue weighted by Gasteiger charge is -2.27. The number of ether oxygens (including phenoxy) is 2. The molecule has 0 aliphatic carbocycles. The first-order chi connectivity index (χ1) is 21.3. The van der Waals surface area contributed by atoms with Crippen LogP contribution in [0.25, 0.3) is 0 Å². The van der Waals surface area contributed by atoms with Crippen LogP contribution in [0.1, 0.15) is 54.7 Å². The third kappa shape index (κ3) is 11.0.